The first kappa shape index (κ1) is 20.0. The predicted octanol–water partition coefficient (Wildman–Crippen LogP) is 5.36. The van der Waals surface area contributed by atoms with Crippen LogP contribution in [0.25, 0.3) is 11.1 Å². The first-order valence-electron chi connectivity index (χ1n) is 9.18. The van der Waals surface area contributed by atoms with Gasteiger partial charge in [0.2, 0.25) is 0 Å². The van der Waals surface area contributed by atoms with Gasteiger partial charge in [-0.05, 0) is 62.7 Å². The Morgan fingerprint density at radius 2 is 2.00 bits per heavy atom. The summed E-state index contributed by atoms with van der Waals surface area (Å²) in [5.41, 5.74) is 2.30. The van der Waals surface area contributed by atoms with Crippen LogP contribution in [0.2, 0.25) is 5.02 Å². The van der Waals surface area contributed by atoms with Gasteiger partial charge in [0.1, 0.15) is 11.3 Å². The fourth-order valence-electron chi connectivity index (χ4n) is 2.74. The highest BCUT2D eigenvalue weighted by Gasteiger charge is 2.13. The summed E-state index contributed by atoms with van der Waals surface area (Å²) < 4.78 is 16.6. The summed E-state index contributed by atoms with van der Waals surface area (Å²) in [5, 5.41) is 0.619. The van der Waals surface area contributed by atoms with Crippen molar-refractivity contribution in [1.82, 2.24) is 4.98 Å². The van der Waals surface area contributed by atoms with Gasteiger partial charge in [-0.3, -0.25) is 9.69 Å². The molecule has 148 valence electrons. The number of carbonyl (C=O) groups excluding carboxylic acids is 1. The molecule has 0 saturated carbocycles. The first-order chi connectivity index (χ1) is 13.5. The van der Waals surface area contributed by atoms with Gasteiger partial charge in [-0.2, -0.15) is 4.98 Å². The Hall–Kier alpha value is -2.73. The van der Waals surface area contributed by atoms with Gasteiger partial charge in [-0.1, -0.05) is 11.6 Å². The molecule has 28 heavy (non-hydrogen) atoms. The molecule has 0 saturated heterocycles. The van der Waals surface area contributed by atoms with Crippen LogP contribution in [0.1, 0.15) is 26.7 Å². The number of esters is 1. The minimum atomic E-state index is -0.199. The maximum Gasteiger partial charge on any atom is 0.305 e. The van der Waals surface area contributed by atoms with Crippen molar-refractivity contribution in [2.24, 2.45) is 0 Å². The number of benzene rings is 2. The van der Waals surface area contributed by atoms with Crippen LogP contribution in [-0.2, 0) is 9.53 Å². The van der Waals surface area contributed by atoms with Crippen molar-refractivity contribution in [3.63, 3.8) is 0 Å². The minimum absolute atomic E-state index is 0.0882. The molecular formula is C21H23ClN2O4. The molecule has 6 nitrogen and oxygen atoms in total. The molecule has 0 aliphatic heterocycles. The van der Waals surface area contributed by atoms with Gasteiger partial charge in [0.05, 0.1) is 12.7 Å². The molecule has 0 fully saturated rings. The van der Waals surface area contributed by atoms with Crippen LogP contribution in [0.15, 0.2) is 46.9 Å². The number of nitrogens with zero attached hydrogens (tertiary/aromatic N) is 2. The third-order valence-electron chi connectivity index (χ3n) is 4.25. The van der Waals surface area contributed by atoms with Gasteiger partial charge in [0.15, 0.2) is 5.58 Å². The Bertz CT molecular complexity index is 939. The average Bonchev–Trinajstić information content (AvgIpc) is 3.10. The SMILES string of the molecule is CCOC(=O)CCC(C)Oc1ccc(N(C)c2nc3cc(Cl)ccc3o2)cc1. The van der Waals surface area contributed by atoms with Crippen molar-refractivity contribution in [3.05, 3.63) is 47.5 Å². The van der Waals surface area contributed by atoms with Crippen LogP contribution in [0.5, 0.6) is 5.75 Å². The monoisotopic (exact) mass is 402 g/mol. The van der Waals surface area contributed by atoms with E-state index in [-0.39, 0.29) is 12.1 Å². The topological polar surface area (TPSA) is 64.8 Å². The van der Waals surface area contributed by atoms with Crippen molar-refractivity contribution in [1.29, 1.82) is 0 Å². The van der Waals surface area contributed by atoms with E-state index >= 15 is 0 Å². The zero-order chi connectivity index (χ0) is 20.1. The second-order valence-electron chi connectivity index (χ2n) is 6.43. The van der Waals surface area contributed by atoms with E-state index in [9.17, 15) is 4.79 Å². The molecule has 7 heteroatoms. The number of hydrogen-bond acceptors (Lipinski definition) is 6. The van der Waals surface area contributed by atoms with Crippen molar-refractivity contribution in [2.75, 3.05) is 18.6 Å². The molecule has 1 atom stereocenters. The number of oxazole rings is 1. The summed E-state index contributed by atoms with van der Waals surface area (Å²) in [6.07, 6.45) is 0.860. The lowest BCUT2D eigenvalue weighted by atomic mass is 10.2. The highest BCUT2D eigenvalue weighted by Crippen LogP contribution is 2.29. The molecule has 2 aromatic carbocycles. The maximum absolute atomic E-state index is 11.4. The number of carbonyl (C=O) groups is 1. The lowest BCUT2D eigenvalue weighted by molar-refractivity contribution is -0.143. The van der Waals surface area contributed by atoms with E-state index in [1.807, 2.05) is 43.1 Å². The molecule has 0 bridgehead atoms. The number of ether oxygens (including phenoxy) is 2. The first-order valence-corrected chi connectivity index (χ1v) is 9.56. The highest BCUT2D eigenvalue weighted by molar-refractivity contribution is 6.31. The summed E-state index contributed by atoms with van der Waals surface area (Å²) in [6.45, 7) is 4.13. The van der Waals surface area contributed by atoms with Crippen molar-refractivity contribution in [2.45, 2.75) is 32.8 Å². The van der Waals surface area contributed by atoms with Crippen LogP contribution in [0, 0.1) is 0 Å². The van der Waals surface area contributed by atoms with Crippen molar-refractivity contribution < 1.29 is 18.7 Å². The van der Waals surface area contributed by atoms with E-state index in [4.69, 9.17) is 25.5 Å². The fraction of sp³-hybridized carbons (Fsp3) is 0.333. The standard InChI is InChI=1S/C21H23ClN2O4/c1-4-26-20(25)12-5-14(2)27-17-9-7-16(8-10-17)24(3)21-23-18-13-15(22)6-11-19(18)28-21/h6-11,13-14H,4-5,12H2,1-3H3. The third kappa shape index (κ3) is 4.95. The molecular weight excluding hydrogens is 380 g/mol. The minimum Gasteiger partial charge on any atom is -0.491 e. The van der Waals surface area contributed by atoms with Crippen LogP contribution in [0.3, 0.4) is 0 Å². The van der Waals surface area contributed by atoms with Crippen molar-refractivity contribution >= 4 is 40.4 Å². The predicted molar refractivity (Wildman–Crippen MR) is 109 cm³/mol. The van der Waals surface area contributed by atoms with Crippen LogP contribution >= 0.6 is 11.6 Å². The molecule has 1 aromatic heterocycles. The molecule has 1 unspecified atom stereocenters. The Labute approximate surface area is 169 Å². The second kappa shape index (κ2) is 8.97. The molecule has 0 aliphatic carbocycles. The zero-order valence-electron chi connectivity index (χ0n) is 16.1. The summed E-state index contributed by atoms with van der Waals surface area (Å²) in [7, 11) is 1.88. The lowest BCUT2D eigenvalue weighted by Crippen LogP contribution is -2.15. The van der Waals surface area contributed by atoms with Gasteiger partial charge >= 0.3 is 12.0 Å². The summed E-state index contributed by atoms with van der Waals surface area (Å²) in [6, 6.07) is 13.4. The number of rotatable bonds is 8. The molecule has 0 spiro atoms. The molecule has 0 N–H and O–H groups in total. The Balaban J connectivity index is 1.62. The smallest absolute Gasteiger partial charge is 0.305 e. The van der Waals surface area contributed by atoms with Crippen LogP contribution < -0.4 is 9.64 Å². The largest absolute Gasteiger partial charge is 0.491 e. The quantitative estimate of drug-likeness (QED) is 0.472. The van der Waals surface area contributed by atoms with Gasteiger partial charge in [0, 0.05) is 24.2 Å². The van der Waals surface area contributed by atoms with E-state index in [2.05, 4.69) is 4.98 Å². The fourth-order valence-corrected chi connectivity index (χ4v) is 2.90. The molecule has 3 aromatic rings. The Morgan fingerprint density at radius 1 is 1.25 bits per heavy atom. The van der Waals surface area contributed by atoms with Gasteiger partial charge < -0.3 is 13.9 Å². The summed E-state index contributed by atoms with van der Waals surface area (Å²) in [5.74, 6) is 0.535. The Morgan fingerprint density at radius 3 is 2.71 bits per heavy atom. The number of hydrogen-bond donors (Lipinski definition) is 0. The second-order valence-corrected chi connectivity index (χ2v) is 6.87. The molecule has 0 radical (unpaired) electrons. The summed E-state index contributed by atoms with van der Waals surface area (Å²) >= 11 is 6.00. The van der Waals surface area contributed by atoms with Crippen LogP contribution in [0.4, 0.5) is 11.7 Å². The van der Waals surface area contributed by atoms with Crippen LogP contribution in [-0.4, -0.2) is 30.7 Å². The number of aromatic nitrogens is 1. The molecule has 3 rings (SSSR count). The number of anilines is 2. The van der Waals surface area contributed by atoms with E-state index in [1.165, 1.54) is 0 Å². The number of halogens is 1. The lowest BCUT2D eigenvalue weighted by Gasteiger charge is -2.17. The normalized spacial score (nSPS) is 12.0. The molecule has 0 amide bonds. The van der Waals surface area contributed by atoms with E-state index < -0.39 is 0 Å². The highest BCUT2D eigenvalue weighted by atomic mass is 35.5. The zero-order valence-corrected chi connectivity index (χ0v) is 16.9. The summed E-state index contributed by atoms with van der Waals surface area (Å²) in [4.78, 5) is 17.8. The van der Waals surface area contributed by atoms with E-state index in [0.717, 1.165) is 11.4 Å². The molecule has 1 heterocycles. The van der Waals surface area contributed by atoms with Gasteiger partial charge in [-0.25, -0.2) is 0 Å². The average molecular weight is 403 g/mol. The van der Waals surface area contributed by atoms with E-state index in [0.29, 0.717) is 41.6 Å². The van der Waals surface area contributed by atoms with Gasteiger partial charge in [0.25, 0.3) is 0 Å². The van der Waals surface area contributed by atoms with Gasteiger partial charge in [-0.15, -0.1) is 0 Å². The molecule has 0 aliphatic rings. The van der Waals surface area contributed by atoms with E-state index in [1.54, 1.807) is 25.1 Å². The number of fused-ring (bicyclic) bond motifs is 1. The Kier molecular flexibility index (Phi) is 6.41. The van der Waals surface area contributed by atoms with Crippen molar-refractivity contribution in [3.8, 4) is 5.75 Å². The third-order valence-corrected chi connectivity index (χ3v) is 4.48. The maximum atomic E-state index is 11.4.